The maximum atomic E-state index is 11.8. The molecule has 1 aromatic rings. The highest BCUT2D eigenvalue weighted by atomic mass is 16.4. The van der Waals surface area contributed by atoms with Gasteiger partial charge in [0.05, 0.1) is 5.56 Å². The molecule has 4 heteroatoms. The van der Waals surface area contributed by atoms with Crippen molar-refractivity contribution in [2.75, 3.05) is 18.0 Å². The van der Waals surface area contributed by atoms with Crippen LogP contribution in [0.4, 0.5) is 6.01 Å². The summed E-state index contributed by atoms with van der Waals surface area (Å²) in [6, 6.07) is 0.482. The molecule has 0 amide bonds. The number of hydrogen-bond donors (Lipinski definition) is 0. The third-order valence-electron chi connectivity index (χ3n) is 3.12. The Kier molecular flexibility index (Phi) is 3.27. The van der Waals surface area contributed by atoms with Crippen molar-refractivity contribution in [2.45, 2.75) is 39.5 Å². The van der Waals surface area contributed by atoms with Gasteiger partial charge in [-0.05, 0) is 33.1 Å². The molecule has 1 aromatic heterocycles. The molecule has 16 heavy (non-hydrogen) atoms. The number of fused-ring (bicyclic) bond motifs is 1. The van der Waals surface area contributed by atoms with Crippen LogP contribution in [0.1, 0.15) is 38.0 Å². The van der Waals surface area contributed by atoms with E-state index in [2.05, 4.69) is 4.98 Å². The minimum Gasteiger partial charge on any atom is -0.430 e. The molecule has 0 saturated heterocycles. The van der Waals surface area contributed by atoms with E-state index < -0.39 is 0 Å². The summed E-state index contributed by atoms with van der Waals surface area (Å²) in [6.45, 7) is 5.69. The molecule has 0 saturated carbocycles. The highest BCUT2D eigenvalue weighted by Gasteiger charge is 2.18. The second-order valence-corrected chi connectivity index (χ2v) is 4.08. The molecule has 0 unspecified atom stereocenters. The average molecular weight is 222 g/mol. The molecular weight excluding hydrogens is 204 g/mol. The van der Waals surface area contributed by atoms with Crippen LogP contribution in [0.2, 0.25) is 0 Å². The highest BCUT2D eigenvalue weighted by molar-refractivity contribution is 5.29. The molecule has 2 rings (SSSR count). The second kappa shape index (κ2) is 4.68. The van der Waals surface area contributed by atoms with Crippen LogP contribution in [0, 0.1) is 0 Å². The highest BCUT2D eigenvalue weighted by Crippen LogP contribution is 2.21. The quantitative estimate of drug-likeness (QED) is 0.781. The van der Waals surface area contributed by atoms with Gasteiger partial charge >= 0.3 is 6.01 Å². The van der Waals surface area contributed by atoms with Crippen molar-refractivity contribution in [1.82, 2.24) is 4.98 Å². The van der Waals surface area contributed by atoms with Crippen molar-refractivity contribution in [1.29, 1.82) is 0 Å². The maximum absolute atomic E-state index is 11.8. The first kappa shape index (κ1) is 11.2. The van der Waals surface area contributed by atoms with Gasteiger partial charge in [-0.15, -0.1) is 0 Å². The molecule has 0 bridgehead atoms. The molecule has 0 radical (unpaired) electrons. The summed E-state index contributed by atoms with van der Waals surface area (Å²) in [5, 5.41) is 0. The van der Waals surface area contributed by atoms with Crippen LogP contribution in [0.25, 0.3) is 0 Å². The molecular formula is C12H18N2O2. The third kappa shape index (κ3) is 1.96. The predicted octanol–water partition coefficient (Wildman–Crippen LogP) is 1.76. The van der Waals surface area contributed by atoms with E-state index in [9.17, 15) is 4.79 Å². The molecule has 88 valence electrons. The predicted molar refractivity (Wildman–Crippen MR) is 63.0 cm³/mol. The van der Waals surface area contributed by atoms with Crippen LogP contribution in [-0.4, -0.2) is 18.1 Å². The Morgan fingerprint density at radius 3 is 2.62 bits per heavy atom. The van der Waals surface area contributed by atoms with Crippen molar-refractivity contribution >= 4 is 6.01 Å². The van der Waals surface area contributed by atoms with Crippen molar-refractivity contribution in [3.05, 3.63) is 21.7 Å². The van der Waals surface area contributed by atoms with E-state index in [0.29, 0.717) is 6.01 Å². The topological polar surface area (TPSA) is 46.3 Å². The Morgan fingerprint density at radius 1 is 1.25 bits per heavy atom. The molecule has 0 N–H and O–H groups in total. The van der Waals surface area contributed by atoms with Crippen molar-refractivity contribution < 1.29 is 4.42 Å². The first-order chi connectivity index (χ1) is 7.76. The molecule has 1 aliphatic rings. The number of anilines is 1. The molecule has 0 aliphatic heterocycles. The molecule has 0 fully saturated rings. The van der Waals surface area contributed by atoms with E-state index in [1.54, 1.807) is 0 Å². The Morgan fingerprint density at radius 2 is 1.94 bits per heavy atom. The second-order valence-electron chi connectivity index (χ2n) is 4.08. The molecule has 0 spiro atoms. The Labute approximate surface area is 95.3 Å². The molecule has 0 atom stereocenters. The van der Waals surface area contributed by atoms with Crippen molar-refractivity contribution in [2.24, 2.45) is 0 Å². The zero-order chi connectivity index (χ0) is 11.5. The largest absolute Gasteiger partial charge is 0.430 e. The minimum absolute atomic E-state index is 0.0946. The molecule has 0 aromatic carbocycles. The fourth-order valence-corrected chi connectivity index (χ4v) is 2.13. The van der Waals surface area contributed by atoms with Gasteiger partial charge in [0.2, 0.25) is 0 Å². The summed E-state index contributed by atoms with van der Waals surface area (Å²) in [7, 11) is 0. The molecule has 4 nitrogen and oxygen atoms in total. The first-order valence-corrected chi connectivity index (χ1v) is 6.04. The molecule has 1 heterocycles. The SMILES string of the molecule is CCN(CC)c1nc(=O)c2c(o1)CCCC2. The zero-order valence-corrected chi connectivity index (χ0v) is 9.95. The van der Waals surface area contributed by atoms with Gasteiger partial charge in [0.15, 0.2) is 0 Å². The fourth-order valence-electron chi connectivity index (χ4n) is 2.13. The van der Waals surface area contributed by atoms with Gasteiger partial charge in [-0.3, -0.25) is 4.79 Å². The average Bonchev–Trinajstić information content (AvgIpc) is 2.31. The number of nitrogens with zero attached hydrogens (tertiary/aromatic N) is 2. The van der Waals surface area contributed by atoms with Crippen molar-refractivity contribution in [3.8, 4) is 0 Å². The van der Waals surface area contributed by atoms with Crippen LogP contribution < -0.4 is 10.5 Å². The van der Waals surface area contributed by atoms with E-state index in [1.807, 2.05) is 18.7 Å². The smallest absolute Gasteiger partial charge is 0.300 e. The first-order valence-electron chi connectivity index (χ1n) is 6.04. The van der Waals surface area contributed by atoms with E-state index >= 15 is 0 Å². The van der Waals surface area contributed by atoms with Crippen LogP contribution in [0.3, 0.4) is 0 Å². The lowest BCUT2D eigenvalue weighted by molar-refractivity contribution is 0.431. The monoisotopic (exact) mass is 222 g/mol. The number of aromatic nitrogens is 1. The fraction of sp³-hybridized carbons (Fsp3) is 0.667. The third-order valence-corrected chi connectivity index (χ3v) is 3.12. The van der Waals surface area contributed by atoms with E-state index in [0.717, 1.165) is 50.1 Å². The van der Waals surface area contributed by atoms with Crippen LogP contribution in [0.15, 0.2) is 9.21 Å². The van der Waals surface area contributed by atoms with Crippen LogP contribution in [0.5, 0.6) is 0 Å². The standard InChI is InChI=1S/C12H18N2O2/c1-3-14(4-2)12-13-11(15)9-7-5-6-8-10(9)16-12/h3-8H2,1-2H3. The van der Waals surface area contributed by atoms with E-state index in [-0.39, 0.29) is 5.56 Å². The Balaban J connectivity index is 2.42. The van der Waals surface area contributed by atoms with Gasteiger partial charge in [-0.1, -0.05) is 0 Å². The van der Waals surface area contributed by atoms with Gasteiger partial charge in [-0.2, -0.15) is 4.98 Å². The Bertz CT molecular complexity index is 422. The number of hydrogen-bond acceptors (Lipinski definition) is 4. The van der Waals surface area contributed by atoms with Gasteiger partial charge in [0.25, 0.3) is 5.56 Å². The van der Waals surface area contributed by atoms with Crippen LogP contribution >= 0.6 is 0 Å². The maximum Gasteiger partial charge on any atom is 0.300 e. The summed E-state index contributed by atoms with van der Waals surface area (Å²) < 4.78 is 5.74. The minimum atomic E-state index is -0.0946. The van der Waals surface area contributed by atoms with E-state index in [4.69, 9.17) is 4.42 Å². The molecule has 1 aliphatic carbocycles. The van der Waals surface area contributed by atoms with Crippen molar-refractivity contribution in [3.63, 3.8) is 0 Å². The summed E-state index contributed by atoms with van der Waals surface area (Å²) >= 11 is 0. The summed E-state index contributed by atoms with van der Waals surface area (Å²) in [5.74, 6) is 0.855. The lowest BCUT2D eigenvalue weighted by Crippen LogP contribution is -2.28. The number of aryl methyl sites for hydroxylation is 1. The van der Waals surface area contributed by atoms with Gasteiger partial charge in [-0.25, -0.2) is 0 Å². The normalized spacial score (nSPS) is 14.6. The zero-order valence-electron chi connectivity index (χ0n) is 9.95. The lowest BCUT2D eigenvalue weighted by Gasteiger charge is -2.20. The van der Waals surface area contributed by atoms with E-state index in [1.165, 1.54) is 0 Å². The van der Waals surface area contributed by atoms with Gasteiger partial charge < -0.3 is 9.32 Å². The number of rotatable bonds is 3. The van der Waals surface area contributed by atoms with Crippen LogP contribution in [-0.2, 0) is 12.8 Å². The lowest BCUT2D eigenvalue weighted by atomic mass is 9.98. The summed E-state index contributed by atoms with van der Waals surface area (Å²) in [5.41, 5.74) is 0.699. The van der Waals surface area contributed by atoms with Gasteiger partial charge in [0, 0.05) is 19.5 Å². The summed E-state index contributed by atoms with van der Waals surface area (Å²) in [4.78, 5) is 17.8. The Hall–Kier alpha value is -1.32. The van der Waals surface area contributed by atoms with Gasteiger partial charge in [0.1, 0.15) is 5.76 Å². The summed E-state index contributed by atoms with van der Waals surface area (Å²) in [6.07, 6.45) is 3.88.